The molecule has 230 valence electrons. The highest BCUT2D eigenvalue weighted by Gasteiger charge is 2.24. The van der Waals surface area contributed by atoms with Crippen molar-refractivity contribution in [1.82, 2.24) is 4.57 Å². The maximum atomic E-state index is 6.43. The van der Waals surface area contributed by atoms with Crippen LogP contribution in [0.3, 0.4) is 0 Å². The van der Waals surface area contributed by atoms with E-state index in [0.29, 0.717) is 0 Å². The van der Waals surface area contributed by atoms with Crippen LogP contribution in [0.1, 0.15) is 0 Å². The van der Waals surface area contributed by atoms with Crippen LogP contribution >= 0.6 is 0 Å². The van der Waals surface area contributed by atoms with Crippen LogP contribution in [0, 0.1) is 0 Å². The molecule has 0 N–H and O–H groups in total. The number of anilines is 3. The van der Waals surface area contributed by atoms with E-state index < -0.39 is 0 Å². The van der Waals surface area contributed by atoms with Gasteiger partial charge < -0.3 is 13.9 Å². The Morgan fingerprint density at radius 1 is 0.408 bits per heavy atom. The van der Waals surface area contributed by atoms with Gasteiger partial charge in [0, 0.05) is 38.3 Å². The number of para-hydroxylation sites is 3. The first-order chi connectivity index (χ1) is 24.3. The van der Waals surface area contributed by atoms with Gasteiger partial charge >= 0.3 is 0 Å². The van der Waals surface area contributed by atoms with Crippen molar-refractivity contribution < 1.29 is 4.42 Å². The van der Waals surface area contributed by atoms with Gasteiger partial charge in [-0.15, -0.1) is 0 Å². The maximum Gasteiger partial charge on any atom is 0.137 e. The van der Waals surface area contributed by atoms with E-state index in [1.165, 1.54) is 43.7 Å². The van der Waals surface area contributed by atoms with Crippen LogP contribution in [0.4, 0.5) is 17.1 Å². The molecule has 0 radical (unpaired) electrons. The molecule has 0 spiro atoms. The monoisotopic (exact) mass is 626 g/mol. The molecule has 10 aromatic rings. The Morgan fingerprint density at radius 2 is 1.02 bits per heavy atom. The smallest absolute Gasteiger partial charge is 0.137 e. The maximum absolute atomic E-state index is 6.43. The number of hydrogen-bond donors (Lipinski definition) is 0. The molecule has 0 bridgehead atoms. The summed E-state index contributed by atoms with van der Waals surface area (Å²) in [4.78, 5) is 2.43. The summed E-state index contributed by atoms with van der Waals surface area (Å²) < 4.78 is 8.85. The fraction of sp³-hybridized carbons (Fsp3) is 0. The lowest BCUT2D eigenvalue weighted by molar-refractivity contribution is 0.669. The lowest BCUT2D eigenvalue weighted by Gasteiger charge is -2.28. The zero-order chi connectivity index (χ0) is 32.3. The first-order valence-electron chi connectivity index (χ1n) is 16.7. The minimum Gasteiger partial charge on any atom is -0.456 e. The Kier molecular flexibility index (Phi) is 6.18. The molecule has 0 aliphatic carbocycles. The third-order valence-corrected chi connectivity index (χ3v) is 9.76. The van der Waals surface area contributed by atoms with Crippen molar-refractivity contribution in [2.75, 3.05) is 4.90 Å². The second kappa shape index (κ2) is 11.0. The molecule has 49 heavy (non-hydrogen) atoms. The predicted molar refractivity (Wildman–Crippen MR) is 206 cm³/mol. The van der Waals surface area contributed by atoms with Crippen LogP contribution in [0.2, 0.25) is 0 Å². The lowest BCUT2D eigenvalue weighted by Crippen LogP contribution is -2.11. The van der Waals surface area contributed by atoms with Crippen LogP contribution in [0.15, 0.2) is 186 Å². The van der Waals surface area contributed by atoms with E-state index in [2.05, 4.69) is 185 Å². The zero-order valence-electron chi connectivity index (χ0n) is 26.6. The normalized spacial score (nSPS) is 11.7. The molecule has 0 fully saturated rings. The van der Waals surface area contributed by atoms with Gasteiger partial charge in [0.15, 0.2) is 0 Å². The summed E-state index contributed by atoms with van der Waals surface area (Å²) in [6.45, 7) is 0. The molecule has 2 heterocycles. The number of aromatic nitrogens is 1. The average molecular weight is 627 g/mol. The number of benzene rings is 8. The molecule has 0 amide bonds. The Hall–Kier alpha value is -6.58. The second-order valence-electron chi connectivity index (χ2n) is 12.5. The topological polar surface area (TPSA) is 21.3 Å². The zero-order valence-corrected chi connectivity index (χ0v) is 26.6. The van der Waals surface area contributed by atoms with Crippen LogP contribution in [0.25, 0.3) is 71.3 Å². The van der Waals surface area contributed by atoms with Gasteiger partial charge in [0.25, 0.3) is 0 Å². The highest BCUT2D eigenvalue weighted by molar-refractivity contribution is 6.23. The molecule has 3 heteroatoms. The van der Waals surface area contributed by atoms with E-state index in [1.807, 2.05) is 6.07 Å². The van der Waals surface area contributed by atoms with Crippen LogP contribution in [0.5, 0.6) is 0 Å². The summed E-state index contributed by atoms with van der Waals surface area (Å²) in [5.74, 6) is 0. The quantitative estimate of drug-likeness (QED) is 0.190. The molecular formula is C46H30N2O. The Labute approximate surface area is 283 Å². The van der Waals surface area contributed by atoms with Crippen molar-refractivity contribution in [3.63, 3.8) is 0 Å². The predicted octanol–water partition coefficient (Wildman–Crippen LogP) is 13.0. The molecule has 2 aromatic heterocycles. The number of fused-ring (bicyclic) bond motifs is 8. The van der Waals surface area contributed by atoms with Gasteiger partial charge in [0.05, 0.1) is 27.8 Å². The highest BCUT2D eigenvalue weighted by atomic mass is 16.3. The minimum atomic E-state index is 0.871. The first-order valence-corrected chi connectivity index (χ1v) is 16.7. The summed E-state index contributed by atoms with van der Waals surface area (Å²) in [5.41, 5.74) is 10.9. The standard InChI is InChI=1S/C46H30N2O/c1-3-14-31(15-4-1)32-26-28-34(29-27-32)47(41-23-13-25-44-45(41)38-21-10-12-24-43(38)49-44)42-30-39-36-19-9-11-22-40(36)48(33-16-5-2-6-17-33)46(39)37-20-8-7-18-35(37)42/h1-30H. The summed E-state index contributed by atoms with van der Waals surface area (Å²) in [5, 5.41) is 7.01. The summed E-state index contributed by atoms with van der Waals surface area (Å²) in [7, 11) is 0. The van der Waals surface area contributed by atoms with Crippen LogP contribution in [-0.2, 0) is 0 Å². The van der Waals surface area contributed by atoms with Crippen molar-refractivity contribution >= 4 is 71.6 Å². The number of nitrogens with zero attached hydrogens (tertiary/aromatic N) is 2. The SMILES string of the molecule is c1ccc(-c2ccc(N(c3cc4c5ccccc5n(-c5ccccc5)c4c4ccccc34)c3cccc4oc5ccccc5c34)cc2)cc1. The molecule has 0 unspecified atom stereocenters. The van der Waals surface area contributed by atoms with Gasteiger partial charge in [0.2, 0.25) is 0 Å². The van der Waals surface area contributed by atoms with Gasteiger partial charge in [-0.2, -0.15) is 0 Å². The minimum absolute atomic E-state index is 0.871. The van der Waals surface area contributed by atoms with Gasteiger partial charge in [-0.3, -0.25) is 0 Å². The van der Waals surface area contributed by atoms with Crippen molar-refractivity contribution in [2.45, 2.75) is 0 Å². The van der Waals surface area contributed by atoms with E-state index in [1.54, 1.807) is 0 Å². The Bertz CT molecular complexity index is 2810. The highest BCUT2D eigenvalue weighted by Crippen LogP contribution is 2.48. The summed E-state index contributed by atoms with van der Waals surface area (Å²) in [6.07, 6.45) is 0. The van der Waals surface area contributed by atoms with Gasteiger partial charge in [-0.25, -0.2) is 0 Å². The van der Waals surface area contributed by atoms with E-state index in [0.717, 1.165) is 44.7 Å². The molecule has 0 atom stereocenters. The lowest BCUT2D eigenvalue weighted by atomic mass is 10.00. The van der Waals surface area contributed by atoms with Crippen molar-refractivity contribution in [3.8, 4) is 16.8 Å². The average Bonchev–Trinajstić information content (AvgIpc) is 3.72. The number of hydrogen-bond acceptors (Lipinski definition) is 2. The summed E-state index contributed by atoms with van der Waals surface area (Å²) >= 11 is 0. The first kappa shape index (κ1) is 27.5. The molecule has 0 aliphatic rings. The number of furan rings is 1. The third kappa shape index (κ3) is 4.29. The van der Waals surface area contributed by atoms with Gasteiger partial charge in [0.1, 0.15) is 11.2 Å². The van der Waals surface area contributed by atoms with Crippen molar-refractivity contribution in [2.24, 2.45) is 0 Å². The van der Waals surface area contributed by atoms with E-state index >= 15 is 0 Å². The van der Waals surface area contributed by atoms with E-state index in [-0.39, 0.29) is 0 Å². The summed E-state index contributed by atoms with van der Waals surface area (Å²) in [6, 6.07) is 64.9. The molecule has 3 nitrogen and oxygen atoms in total. The molecule has 0 aliphatic heterocycles. The van der Waals surface area contributed by atoms with E-state index in [9.17, 15) is 0 Å². The molecule has 0 saturated heterocycles. The molecular weight excluding hydrogens is 597 g/mol. The van der Waals surface area contributed by atoms with Gasteiger partial charge in [-0.1, -0.05) is 127 Å². The fourth-order valence-electron chi connectivity index (χ4n) is 7.62. The van der Waals surface area contributed by atoms with Crippen molar-refractivity contribution in [3.05, 3.63) is 182 Å². The van der Waals surface area contributed by atoms with Gasteiger partial charge in [-0.05, 0) is 65.7 Å². The van der Waals surface area contributed by atoms with E-state index in [4.69, 9.17) is 4.42 Å². The Morgan fingerprint density at radius 3 is 1.82 bits per heavy atom. The molecule has 0 saturated carbocycles. The number of rotatable bonds is 5. The molecule has 8 aromatic carbocycles. The van der Waals surface area contributed by atoms with Crippen LogP contribution < -0.4 is 4.90 Å². The second-order valence-corrected chi connectivity index (χ2v) is 12.5. The third-order valence-electron chi connectivity index (χ3n) is 9.76. The Balaban J connectivity index is 1.32. The van der Waals surface area contributed by atoms with Crippen LogP contribution in [-0.4, -0.2) is 4.57 Å². The molecule has 10 rings (SSSR count). The fourth-order valence-corrected chi connectivity index (χ4v) is 7.62. The largest absolute Gasteiger partial charge is 0.456 e. The van der Waals surface area contributed by atoms with Crippen molar-refractivity contribution in [1.29, 1.82) is 0 Å².